The molecule has 7 nitrogen and oxygen atoms in total. The summed E-state index contributed by atoms with van der Waals surface area (Å²) in [4.78, 5) is 27.8. The molecule has 1 aliphatic heterocycles. The maximum absolute atomic E-state index is 13.3. The lowest BCUT2D eigenvalue weighted by atomic mass is 9.98. The zero-order valence-corrected chi connectivity index (χ0v) is 19.8. The van der Waals surface area contributed by atoms with Gasteiger partial charge in [-0.1, -0.05) is 18.2 Å². The minimum absolute atomic E-state index is 0.0361. The molecular formula is C29H24N2O5. The van der Waals surface area contributed by atoms with Crippen LogP contribution in [0.2, 0.25) is 0 Å². The van der Waals surface area contributed by atoms with Crippen LogP contribution in [0.3, 0.4) is 0 Å². The van der Waals surface area contributed by atoms with Crippen molar-refractivity contribution < 1.29 is 23.8 Å². The van der Waals surface area contributed by atoms with Crippen LogP contribution in [-0.2, 0) is 9.59 Å². The molecule has 7 heteroatoms. The van der Waals surface area contributed by atoms with Crippen molar-refractivity contribution in [3.05, 3.63) is 114 Å². The first kappa shape index (κ1) is 23.0. The number of ether oxygens (including phenoxy) is 1. The number of aliphatic hydroxyl groups excluding tert-OH is 1. The molecule has 2 heterocycles. The average molecular weight is 481 g/mol. The lowest BCUT2D eigenvalue weighted by Crippen LogP contribution is -2.29. The zero-order valence-electron chi connectivity index (χ0n) is 19.8. The number of carbonyl (C=O) groups excluding carboxylic acids is 2. The van der Waals surface area contributed by atoms with Crippen molar-refractivity contribution in [3.63, 3.8) is 0 Å². The number of nitrogens with one attached hydrogen (secondary N) is 1. The van der Waals surface area contributed by atoms with Gasteiger partial charge in [-0.2, -0.15) is 0 Å². The molecule has 0 aliphatic carbocycles. The SMILES string of the molecule is COc1ccc(/C(O)=C2/C(=O)C(=O)N(c3ccc(Nc4ccccc4)cc3)C2c2ccco2)cc1C. The number of Topliss-reactive ketones (excluding diaryl/α,β-unsaturated/α-hetero) is 1. The van der Waals surface area contributed by atoms with Gasteiger partial charge in [0.05, 0.1) is 18.9 Å². The summed E-state index contributed by atoms with van der Waals surface area (Å²) < 4.78 is 10.9. The van der Waals surface area contributed by atoms with E-state index in [1.165, 1.54) is 11.2 Å². The molecule has 36 heavy (non-hydrogen) atoms. The zero-order chi connectivity index (χ0) is 25.2. The smallest absolute Gasteiger partial charge is 0.300 e. The van der Waals surface area contributed by atoms with Gasteiger partial charge in [0.25, 0.3) is 11.7 Å². The van der Waals surface area contributed by atoms with Crippen LogP contribution in [0.4, 0.5) is 17.1 Å². The summed E-state index contributed by atoms with van der Waals surface area (Å²) in [6.45, 7) is 1.84. The molecule has 1 aromatic heterocycles. The van der Waals surface area contributed by atoms with Crippen LogP contribution in [-0.4, -0.2) is 23.9 Å². The molecule has 0 radical (unpaired) electrons. The van der Waals surface area contributed by atoms with Crippen LogP contribution in [0.1, 0.15) is 22.9 Å². The molecule has 1 saturated heterocycles. The van der Waals surface area contributed by atoms with Gasteiger partial charge in [-0.15, -0.1) is 0 Å². The van der Waals surface area contributed by atoms with Crippen LogP contribution >= 0.6 is 0 Å². The first-order valence-corrected chi connectivity index (χ1v) is 11.4. The number of hydrogen-bond acceptors (Lipinski definition) is 6. The third kappa shape index (κ3) is 4.11. The van der Waals surface area contributed by atoms with Crippen LogP contribution < -0.4 is 15.0 Å². The van der Waals surface area contributed by atoms with E-state index in [2.05, 4.69) is 5.32 Å². The number of hydrogen-bond donors (Lipinski definition) is 2. The largest absolute Gasteiger partial charge is 0.507 e. The molecule has 180 valence electrons. The van der Waals surface area contributed by atoms with Crippen molar-refractivity contribution in [2.24, 2.45) is 0 Å². The molecule has 3 aromatic carbocycles. The molecule has 1 amide bonds. The van der Waals surface area contributed by atoms with Crippen molar-refractivity contribution in [2.75, 3.05) is 17.3 Å². The number of nitrogens with zero attached hydrogens (tertiary/aromatic N) is 1. The van der Waals surface area contributed by atoms with Gasteiger partial charge in [0.1, 0.15) is 23.3 Å². The van der Waals surface area contributed by atoms with Gasteiger partial charge in [0.15, 0.2) is 0 Å². The van der Waals surface area contributed by atoms with Crippen LogP contribution in [0.25, 0.3) is 5.76 Å². The van der Waals surface area contributed by atoms with Gasteiger partial charge in [0, 0.05) is 22.6 Å². The lowest BCUT2D eigenvalue weighted by molar-refractivity contribution is -0.132. The minimum Gasteiger partial charge on any atom is -0.507 e. The van der Waals surface area contributed by atoms with Crippen molar-refractivity contribution in [1.29, 1.82) is 0 Å². The Morgan fingerprint density at radius 3 is 2.31 bits per heavy atom. The van der Waals surface area contributed by atoms with Crippen molar-refractivity contribution in [2.45, 2.75) is 13.0 Å². The Morgan fingerprint density at radius 2 is 1.67 bits per heavy atom. The van der Waals surface area contributed by atoms with Crippen molar-refractivity contribution in [1.82, 2.24) is 0 Å². The maximum Gasteiger partial charge on any atom is 0.300 e. The monoisotopic (exact) mass is 480 g/mol. The van der Waals surface area contributed by atoms with Gasteiger partial charge in [-0.05, 0) is 79.2 Å². The van der Waals surface area contributed by atoms with Gasteiger partial charge in [-0.3, -0.25) is 14.5 Å². The highest BCUT2D eigenvalue weighted by Crippen LogP contribution is 2.42. The summed E-state index contributed by atoms with van der Waals surface area (Å²) in [6.07, 6.45) is 1.47. The van der Waals surface area contributed by atoms with E-state index >= 15 is 0 Å². The fourth-order valence-corrected chi connectivity index (χ4v) is 4.39. The van der Waals surface area contributed by atoms with Gasteiger partial charge < -0.3 is 19.6 Å². The Labute approximate surface area is 208 Å². The van der Waals surface area contributed by atoms with Gasteiger partial charge in [0.2, 0.25) is 0 Å². The summed E-state index contributed by atoms with van der Waals surface area (Å²) in [5.74, 6) is -0.780. The fraction of sp³-hybridized carbons (Fsp3) is 0.103. The Balaban J connectivity index is 1.56. The average Bonchev–Trinajstić information content (AvgIpc) is 3.52. The van der Waals surface area contributed by atoms with Crippen LogP contribution in [0, 0.1) is 6.92 Å². The van der Waals surface area contributed by atoms with E-state index < -0.39 is 17.7 Å². The number of carbonyl (C=O) groups is 2. The third-order valence-electron chi connectivity index (χ3n) is 6.13. The van der Waals surface area contributed by atoms with E-state index in [0.29, 0.717) is 22.8 Å². The number of methoxy groups -OCH3 is 1. The molecule has 2 N–H and O–H groups in total. The quantitative estimate of drug-likeness (QED) is 0.201. The van der Waals surface area contributed by atoms with E-state index in [4.69, 9.17) is 9.15 Å². The second-order valence-electron chi connectivity index (χ2n) is 8.41. The Morgan fingerprint density at radius 1 is 0.944 bits per heavy atom. The van der Waals surface area contributed by atoms with E-state index in [0.717, 1.165) is 16.9 Å². The molecule has 4 aromatic rings. The molecule has 5 rings (SSSR count). The van der Waals surface area contributed by atoms with E-state index in [9.17, 15) is 14.7 Å². The standard InChI is InChI=1S/C29H24N2O5/c1-18-17-19(10-15-23(18)35-2)27(32)25-26(24-9-6-16-36-24)31(29(34)28(25)33)22-13-11-21(12-14-22)30-20-7-4-3-5-8-20/h3-17,26,30,32H,1-2H3/b27-25-. The molecule has 0 bridgehead atoms. The van der Waals surface area contributed by atoms with Crippen LogP contribution in [0.15, 0.2) is 101 Å². The number of para-hydroxylation sites is 1. The first-order chi connectivity index (χ1) is 17.5. The highest BCUT2D eigenvalue weighted by Gasteiger charge is 2.48. The molecule has 1 aliphatic rings. The Hall–Kier alpha value is -4.78. The normalized spacial score (nSPS) is 16.8. The first-order valence-electron chi connectivity index (χ1n) is 11.4. The topological polar surface area (TPSA) is 92.0 Å². The number of aryl methyl sites for hydroxylation is 1. The fourth-order valence-electron chi connectivity index (χ4n) is 4.39. The summed E-state index contributed by atoms with van der Waals surface area (Å²) in [5, 5.41) is 14.5. The molecular weight excluding hydrogens is 456 g/mol. The number of amides is 1. The molecule has 1 unspecified atom stereocenters. The van der Waals surface area contributed by atoms with E-state index in [1.807, 2.05) is 49.4 Å². The molecule has 0 spiro atoms. The summed E-state index contributed by atoms with van der Waals surface area (Å²) in [5.41, 5.74) is 3.41. The third-order valence-corrected chi connectivity index (χ3v) is 6.13. The Bertz CT molecular complexity index is 1440. The minimum atomic E-state index is -0.921. The lowest BCUT2D eigenvalue weighted by Gasteiger charge is -2.23. The summed E-state index contributed by atoms with van der Waals surface area (Å²) >= 11 is 0. The van der Waals surface area contributed by atoms with Gasteiger partial charge in [-0.25, -0.2) is 0 Å². The molecule has 1 atom stereocenters. The van der Waals surface area contributed by atoms with Gasteiger partial charge >= 0.3 is 0 Å². The number of rotatable bonds is 6. The summed E-state index contributed by atoms with van der Waals surface area (Å²) in [6, 6.07) is 24.4. The maximum atomic E-state index is 13.3. The van der Waals surface area contributed by atoms with E-state index in [-0.39, 0.29) is 11.3 Å². The molecule has 0 saturated carbocycles. The predicted molar refractivity (Wildman–Crippen MR) is 137 cm³/mol. The number of aliphatic hydroxyl groups is 1. The number of furan rings is 1. The predicted octanol–water partition coefficient (Wildman–Crippen LogP) is 5.97. The Kier molecular flexibility index (Phi) is 6.04. The van der Waals surface area contributed by atoms with Crippen LogP contribution in [0.5, 0.6) is 5.75 Å². The molecule has 1 fully saturated rings. The van der Waals surface area contributed by atoms with E-state index in [1.54, 1.807) is 49.6 Å². The second-order valence-corrected chi connectivity index (χ2v) is 8.41. The number of ketones is 1. The van der Waals surface area contributed by atoms with Crippen molar-refractivity contribution >= 4 is 34.5 Å². The highest BCUT2D eigenvalue weighted by atomic mass is 16.5. The van der Waals surface area contributed by atoms with Crippen molar-refractivity contribution in [3.8, 4) is 5.75 Å². The summed E-state index contributed by atoms with van der Waals surface area (Å²) in [7, 11) is 1.56. The second kappa shape index (κ2) is 9.46. The number of anilines is 3. The highest BCUT2D eigenvalue weighted by molar-refractivity contribution is 6.51. The number of benzene rings is 3.